The summed E-state index contributed by atoms with van der Waals surface area (Å²) in [7, 11) is 0. The predicted octanol–water partition coefficient (Wildman–Crippen LogP) is 2.03. The van der Waals surface area contributed by atoms with Crippen LogP contribution in [0.4, 0.5) is 0 Å². The maximum absolute atomic E-state index is 5.20. The van der Waals surface area contributed by atoms with Crippen molar-refractivity contribution >= 4 is 23.0 Å². The van der Waals surface area contributed by atoms with Gasteiger partial charge < -0.3 is 5.32 Å². The van der Waals surface area contributed by atoms with E-state index in [9.17, 15) is 0 Å². The second-order valence-electron chi connectivity index (χ2n) is 4.93. The summed E-state index contributed by atoms with van der Waals surface area (Å²) in [6.45, 7) is 3.90. The quantitative estimate of drug-likeness (QED) is 0.429. The van der Waals surface area contributed by atoms with Crippen LogP contribution in [0.25, 0.3) is 0 Å². The summed E-state index contributed by atoms with van der Waals surface area (Å²) in [5.74, 6) is 1.80. The van der Waals surface area contributed by atoms with Gasteiger partial charge in [-0.3, -0.25) is 5.43 Å². The molecule has 3 nitrogen and oxygen atoms in total. The molecule has 2 saturated carbocycles. The summed E-state index contributed by atoms with van der Waals surface area (Å²) in [4.78, 5) is 0. The first kappa shape index (κ1) is 10.9. The van der Waals surface area contributed by atoms with Gasteiger partial charge in [-0.2, -0.15) is 5.10 Å². The Kier molecular flexibility index (Phi) is 3.24. The van der Waals surface area contributed by atoms with Gasteiger partial charge >= 0.3 is 0 Å². The lowest BCUT2D eigenvalue weighted by molar-refractivity contribution is 0.389. The summed E-state index contributed by atoms with van der Waals surface area (Å²) in [6.07, 6.45) is 5.49. The van der Waals surface area contributed by atoms with Crippen molar-refractivity contribution in [1.82, 2.24) is 10.7 Å². The number of hydrazone groups is 1. The van der Waals surface area contributed by atoms with Crippen molar-refractivity contribution in [1.29, 1.82) is 0 Å². The van der Waals surface area contributed by atoms with Crippen molar-refractivity contribution in [3.8, 4) is 0 Å². The van der Waals surface area contributed by atoms with Gasteiger partial charge in [0.2, 0.25) is 0 Å². The highest BCUT2D eigenvalue weighted by Crippen LogP contribution is 2.44. The minimum atomic E-state index is 0.594. The van der Waals surface area contributed by atoms with Crippen molar-refractivity contribution in [2.24, 2.45) is 16.9 Å². The van der Waals surface area contributed by atoms with Gasteiger partial charge in [0.25, 0.3) is 0 Å². The van der Waals surface area contributed by atoms with E-state index < -0.39 is 0 Å². The van der Waals surface area contributed by atoms with Crippen LogP contribution in [0, 0.1) is 11.8 Å². The summed E-state index contributed by atoms with van der Waals surface area (Å²) < 4.78 is 0. The number of hydrogen-bond donors (Lipinski definition) is 2. The summed E-state index contributed by atoms with van der Waals surface area (Å²) >= 11 is 5.20. The third kappa shape index (κ3) is 2.68. The molecule has 0 unspecified atom stereocenters. The van der Waals surface area contributed by atoms with E-state index in [-0.39, 0.29) is 0 Å². The molecule has 2 aliphatic rings. The Morgan fingerprint density at radius 2 is 2.07 bits per heavy atom. The molecule has 0 saturated heterocycles. The lowest BCUT2D eigenvalue weighted by atomic mass is 9.96. The summed E-state index contributed by atoms with van der Waals surface area (Å²) in [6, 6.07) is 0.594. The van der Waals surface area contributed by atoms with E-state index in [1.807, 2.05) is 13.8 Å². The molecule has 0 amide bonds. The Morgan fingerprint density at radius 1 is 1.27 bits per heavy atom. The van der Waals surface area contributed by atoms with Gasteiger partial charge in [0.05, 0.1) is 0 Å². The second kappa shape index (κ2) is 4.47. The molecule has 2 aliphatic carbocycles. The molecule has 2 fully saturated rings. The normalized spacial score (nSPS) is 32.5. The largest absolute Gasteiger partial charge is 0.358 e. The Hall–Kier alpha value is -0.640. The van der Waals surface area contributed by atoms with Crippen molar-refractivity contribution in [3.63, 3.8) is 0 Å². The van der Waals surface area contributed by atoms with Crippen LogP contribution in [-0.4, -0.2) is 16.9 Å². The smallest absolute Gasteiger partial charge is 0.187 e. The molecule has 0 spiro atoms. The zero-order valence-corrected chi connectivity index (χ0v) is 10.2. The Labute approximate surface area is 96.7 Å². The van der Waals surface area contributed by atoms with E-state index in [1.54, 1.807) is 0 Å². The zero-order valence-electron chi connectivity index (χ0n) is 9.42. The van der Waals surface area contributed by atoms with Gasteiger partial charge in [0.1, 0.15) is 0 Å². The fourth-order valence-corrected chi connectivity index (χ4v) is 2.98. The molecule has 3 atom stereocenters. The number of rotatable bonds is 2. The molecule has 2 bridgehead atoms. The SMILES string of the molecule is CC(C)=NNC(=S)N[C@@H]1C[C@H]2CC[C@@H]1C2. The highest BCUT2D eigenvalue weighted by molar-refractivity contribution is 7.80. The second-order valence-corrected chi connectivity index (χ2v) is 5.33. The van der Waals surface area contributed by atoms with E-state index >= 15 is 0 Å². The molecule has 2 rings (SSSR count). The van der Waals surface area contributed by atoms with Gasteiger partial charge in [-0.25, -0.2) is 0 Å². The van der Waals surface area contributed by atoms with E-state index in [2.05, 4.69) is 15.8 Å². The number of thiocarbonyl (C=S) groups is 1. The van der Waals surface area contributed by atoms with Crippen LogP contribution in [0.2, 0.25) is 0 Å². The Morgan fingerprint density at radius 3 is 2.60 bits per heavy atom. The van der Waals surface area contributed by atoms with E-state index in [1.165, 1.54) is 25.7 Å². The Bertz CT molecular complexity index is 284. The molecular weight excluding hydrogens is 206 g/mol. The average Bonchev–Trinajstić information content (AvgIpc) is 2.76. The van der Waals surface area contributed by atoms with Crippen molar-refractivity contribution in [3.05, 3.63) is 0 Å². The molecule has 0 heterocycles. The van der Waals surface area contributed by atoms with Crippen LogP contribution >= 0.6 is 12.2 Å². The van der Waals surface area contributed by atoms with Crippen LogP contribution in [0.15, 0.2) is 5.10 Å². The summed E-state index contributed by atoms with van der Waals surface area (Å²) in [5, 5.41) is 8.15. The zero-order chi connectivity index (χ0) is 10.8. The molecule has 15 heavy (non-hydrogen) atoms. The monoisotopic (exact) mass is 225 g/mol. The van der Waals surface area contributed by atoms with E-state index in [0.29, 0.717) is 11.2 Å². The number of hydrogen-bond acceptors (Lipinski definition) is 2. The minimum Gasteiger partial charge on any atom is -0.358 e. The van der Waals surface area contributed by atoms with E-state index in [4.69, 9.17) is 12.2 Å². The van der Waals surface area contributed by atoms with Crippen LogP contribution in [0.3, 0.4) is 0 Å². The number of nitrogens with zero attached hydrogens (tertiary/aromatic N) is 1. The predicted molar refractivity (Wildman–Crippen MR) is 66.9 cm³/mol. The van der Waals surface area contributed by atoms with Crippen LogP contribution in [-0.2, 0) is 0 Å². The molecule has 84 valence electrons. The summed E-state index contributed by atoms with van der Waals surface area (Å²) in [5.41, 5.74) is 3.87. The molecule has 0 aromatic carbocycles. The van der Waals surface area contributed by atoms with Crippen LogP contribution in [0.5, 0.6) is 0 Å². The lowest BCUT2D eigenvalue weighted by Crippen LogP contribution is -2.42. The molecule has 2 N–H and O–H groups in total. The topological polar surface area (TPSA) is 36.4 Å². The molecule has 0 aromatic heterocycles. The fraction of sp³-hybridized carbons (Fsp3) is 0.818. The highest BCUT2D eigenvalue weighted by Gasteiger charge is 2.39. The Balaban J connectivity index is 1.77. The standard InChI is InChI=1S/C11H19N3S/c1-7(2)13-14-11(15)12-10-6-8-3-4-9(10)5-8/h8-10H,3-6H2,1-2H3,(H2,12,14,15)/t8-,9+,10+/m0/s1. The lowest BCUT2D eigenvalue weighted by Gasteiger charge is -2.23. The third-order valence-corrected chi connectivity index (χ3v) is 3.64. The van der Waals surface area contributed by atoms with Crippen LogP contribution in [0.1, 0.15) is 39.5 Å². The molecule has 0 aliphatic heterocycles. The van der Waals surface area contributed by atoms with Gasteiger partial charge in [0.15, 0.2) is 5.11 Å². The van der Waals surface area contributed by atoms with E-state index in [0.717, 1.165) is 17.5 Å². The van der Waals surface area contributed by atoms with Crippen LogP contribution < -0.4 is 10.7 Å². The van der Waals surface area contributed by atoms with Gasteiger partial charge in [-0.15, -0.1) is 0 Å². The molecule has 4 heteroatoms. The van der Waals surface area contributed by atoms with Gasteiger partial charge in [-0.1, -0.05) is 6.42 Å². The highest BCUT2D eigenvalue weighted by atomic mass is 32.1. The fourth-order valence-electron chi connectivity index (χ4n) is 2.78. The first-order valence-electron chi connectivity index (χ1n) is 5.72. The van der Waals surface area contributed by atoms with Gasteiger partial charge in [0, 0.05) is 11.8 Å². The average molecular weight is 225 g/mol. The van der Waals surface area contributed by atoms with Crippen molar-refractivity contribution < 1.29 is 0 Å². The first-order chi connectivity index (χ1) is 7.15. The maximum Gasteiger partial charge on any atom is 0.187 e. The maximum atomic E-state index is 5.20. The first-order valence-corrected chi connectivity index (χ1v) is 6.13. The number of nitrogens with one attached hydrogen (secondary N) is 2. The van der Waals surface area contributed by atoms with Gasteiger partial charge in [-0.05, 0) is 57.2 Å². The molecule has 0 radical (unpaired) electrons. The third-order valence-electron chi connectivity index (χ3n) is 3.44. The molecule has 0 aromatic rings. The van der Waals surface area contributed by atoms with Crippen molar-refractivity contribution in [2.45, 2.75) is 45.6 Å². The molecular formula is C11H19N3S. The number of fused-ring (bicyclic) bond motifs is 2. The van der Waals surface area contributed by atoms with Crippen molar-refractivity contribution in [2.75, 3.05) is 0 Å². The minimum absolute atomic E-state index is 0.594.